The SMILES string of the molecule is CCCCCCCCCCCCCCC1(OCC)CCCC[Si]1(OCC)OCC. The molecular formula is C25H52O3Si. The van der Waals surface area contributed by atoms with Crippen LogP contribution in [0.25, 0.3) is 0 Å². The number of rotatable bonds is 19. The van der Waals surface area contributed by atoms with E-state index < -0.39 is 8.56 Å². The zero-order valence-electron chi connectivity index (χ0n) is 20.4. The standard InChI is InChI=1S/C25H52O3Si/c1-5-9-10-11-12-13-14-15-16-17-18-19-22-25(26-6-2)23-20-21-24-29(25,27-7-3)28-8-4/h5-24H2,1-4H3. The van der Waals surface area contributed by atoms with E-state index in [0.717, 1.165) is 38.7 Å². The average molecular weight is 429 g/mol. The molecule has 1 atom stereocenters. The quantitative estimate of drug-likeness (QED) is 0.154. The normalized spacial score (nSPS) is 21.5. The van der Waals surface area contributed by atoms with Crippen LogP contribution in [0.1, 0.15) is 130 Å². The summed E-state index contributed by atoms with van der Waals surface area (Å²) in [5.41, 5.74) is 0. The summed E-state index contributed by atoms with van der Waals surface area (Å²) in [4.78, 5) is 0. The minimum absolute atomic E-state index is 0.121. The van der Waals surface area contributed by atoms with Gasteiger partial charge in [0.25, 0.3) is 0 Å². The van der Waals surface area contributed by atoms with Crippen LogP contribution in [0.15, 0.2) is 0 Å². The third kappa shape index (κ3) is 9.41. The van der Waals surface area contributed by atoms with Crippen molar-refractivity contribution in [3.63, 3.8) is 0 Å². The second kappa shape index (κ2) is 16.7. The van der Waals surface area contributed by atoms with E-state index in [2.05, 4.69) is 27.7 Å². The Hall–Kier alpha value is 0.0969. The Morgan fingerprint density at radius 3 is 1.62 bits per heavy atom. The fraction of sp³-hybridized carbons (Fsp3) is 1.00. The van der Waals surface area contributed by atoms with Gasteiger partial charge in [-0.3, -0.25) is 0 Å². The van der Waals surface area contributed by atoms with E-state index >= 15 is 0 Å². The van der Waals surface area contributed by atoms with Crippen molar-refractivity contribution < 1.29 is 13.6 Å². The Kier molecular flexibility index (Phi) is 15.7. The van der Waals surface area contributed by atoms with Crippen molar-refractivity contribution in [2.24, 2.45) is 0 Å². The molecule has 0 aliphatic carbocycles. The van der Waals surface area contributed by atoms with Gasteiger partial charge in [-0.25, -0.2) is 0 Å². The highest BCUT2D eigenvalue weighted by molar-refractivity contribution is 6.70. The van der Waals surface area contributed by atoms with Gasteiger partial charge in [-0.15, -0.1) is 0 Å². The van der Waals surface area contributed by atoms with Crippen LogP contribution < -0.4 is 0 Å². The molecule has 4 heteroatoms. The Labute approximate surface area is 183 Å². The molecule has 1 heterocycles. The molecule has 174 valence electrons. The second-order valence-corrected chi connectivity index (χ2v) is 12.4. The maximum Gasteiger partial charge on any atom is 0.371 e. The van der Waals surface area contributed by atoms with Crippen LogP contribution in [0.2, 0.25) is 6.04 Å². The molecule has 1 rings (SSSR count). The monoisotopic (exact) mass is 428 g/mol. The van der Waals surface area contributed by atoms with Gasteiger partial charge < -0.3 is 13.6 Å². The lowest BCUT2D eigenvalue weighted by atomic mass is 10.0. The van der Waals surface area contributed by atoms with E-state index in [1.807, 2.05) is 0 Å². The van der Waals surface area contributed by atoms with E-state index in [4.69, 9.17) is 13.6 Å². The molecule has 0 bridgehead atoms. The lowest BCUT2D eigenvalue weighted by Crippen LogP contribution is -2.66. The maximum absolute atomic E-state index is 6.50. The first-order chi connectivity index (χ1) is 14.2. The fourth-order valence-electron chi connectivity index (χ4n) is 5.20. The van der Waals surface area contributed by atoms with Gasteiger partial charge in [-0.1, -0.05) is 96.8 Å². The number of hydrogen-bond acceptors (Lipinski definition) is 3. The molecule has 1 aliphatic rings. The highest BCUT2D eigenvalue weighted by Crippen LogP contribution is 2.44. The van der Waals surface area contributed by atoms with Gasteiger partial charge in [0, 0.05) is 19.8 Å². The van der Waals surface area contributed by atoms with Crippen LogP contribution in [0, 0.1) is 0 Å². The molecule has 0 spiro atoms. The van der Waals surface area contributed by atoms with Crippen LogP contribution in [0.4, 0.5) is 0 Å². The van der Waals surface area contributed by atoms with Gasteiger partial charge >= 0.3 is 8.56 Å². The van der Waals surface area contributed by atoms with Crippen LogP contribution in [-0.4, -0.2) is 33.6 Å². The molecule has 29 heavy (non-hydrogen) atoms. The predicted octanol–water partition coefficient (Wildman–Crippen LogP) is 8.09. The van der Waals surface area contributed by atoms with Gasteiger partial charge in [-0.2, -0.15) is 0 Å². The van der Waals surface area contributed by atoms with Crippen LogP contribution in [0.5, 0.6) is 0 Å². The summed E-state index contributed by atoms with van der Waals surface area (Å²) >= 11 is 0. The molecule has 0 aromatic carbocycles. The Balaban J connectivity index is 2.34. The Bertz CT molecular complexity index is 362. The van der Waals surface area contributed by atoms with Crippen LogP contribution in [-0.2, 0) is 13.6 Å². The number of ether oxygens (including phenoxy) is 1. The lowest BCUT2D eigenvalue weighted by Gasteiger charge is -2.49. The van der Waals surface area contributed by atoms with E-state index in [-0.39, 0.29) is 5.22 Å². The summed E-state index contributed by atoms with van der Waals surface area (Å²) in [6.07, 6.45) is 21.5. The topological polar surface area (TPSA) is 27.7 Å². The van der Waals surface area contributed by atoms with Crippen molar-refractivity contribution in [2.75, 3.05) is 19.8 Å². The first-order valence-electron chi connectivity index (χ1n) is 13.1. The van der Waals surface area contributed by atoms with Crippen LogP contribution >= 0.6 is 0 Å². The first-order valence-corrected chi connectivity index (χ1v) is 15.1. The van der Waals surface area contributed by atoms with Crippen molar-refractivity contribution in [1.29, 1.82) is 0 Å². The highest BCUT2D eigenvalue weighted by atomic mass is 28.4. The molecule has 1 aliphatic heterocycles. The summed E-state index contributed by atoms with van der Waals surface area (Å²) in [5.74, 6) is 0. The van der Waals surface area contributed by atoms with Gasteiger partial charge in [0.05, 0.1) is 0 Å². The van der Waals surface area contributed by atoms with Gasteiger partial charge in [0.1, 0.15) is 5.22 Å². The number of unbranched alkanes of at least 4 members (excludes halogenated alkanes) is 11. The van der Waals surface area contributed by atoms with Gasteiger partial charge in [-0.05, 0) is 39.7 Å². The minimum Gasteiger partial charge on any atom is -0.393 e. The number of hydrogen-bond donors (Lipinski definition) is 0. The summed E-state index contributed by atoms with van der Waals surface area (Å²) in [5, 5.41) is -0.121. The van der Waals surface area contributed by atoms with E-state index in [1.54, 1.807) is 0 Å². The Morgan fingerprint density at radius 1 is 0.621 bits per heavy atom. The third-order valence-electron chi connectivity index (χ3n) is 6.64. The van der Waals surface area contributed by atoms with E-state index in [0.29, 0.717) is 0 Å². The van der Waals surface area contributed by atoms with Crippen molar-refractivity contribution in [2.45, 2.75) is 142 Å². The van der Waals surface area contributed by atoms with Crippen LogP contribution in [0.3, 0.4) is 0 Å². The molecule has 0 amide bonds. The Morgan fingerprint density at radius 2 is 1.14 bits per heavy atom. The zero-order valence-corrected chi connectivity index (χ0v) is 21.4. The summed E-state index contributed by atoms with van der Waals surface area (Å²) in [6, 6.07) is 1.10. The first kappa shape index (κ1) is 27.1. The summed E-state index contributed by atoms with van der Waals surface area (Å²) in [6.45, 7) is 10.9. The second-order valence-electron chi connectivity index (χ2n) is 8.89. The highest BCUT2D eigenvalue weighted by Gasteiger charge is 2.59. The maximum atomic E-state index is 6.50. The molecule has 0 saturated carbocycles. The zero-order chi connectivity index (χ0) is 21.3. The average Bonchev–Trinajstić information content (AvgIpc) is 2.71. The predicted molar refractivity (Wildman–Crippen MR) is 128 cm³/mol. The van der Waals surface area contributed by atoms with Crippen molar-refractivity contribution in [3.05, 3.63) is 0 Å². The minimum atomic E-state index is -2.31. The molecule has 1 saturated heterocycles. The van der Waals surface area contributed by atoms with Gasteiger partial charge in [0.2, 0.25) is 0 Å². The van der Waals surface area contributed by atoms with E-state index in [9.17, 15) is 0 Å². The van der Waals surface area contributed by atoms with Crippen molar-refractivity contribution in [3.8, 4) is 0 Å². The molecule has 1 unspecified atom stereocenters. The molecular weight excluding hydrogens is 376 g/mol. The lowest BCUT2D eigenvalue weighted by molar-refractivity contribution is -0.0468. The van der Waals surface area contributed by atoms with Crippen molar-refractivity contribution >= 4 is 8.56 Å². The van der Waals surface area contributed by atoms with E-state index in [1.165, 1.54) is 89.9 Å². The molecule has 3 nitrogen and oxygen atoms in total. The molecule has 1 fully saturated rings. The van der Waals surface area contributed by atoms with Gasteiger partial charge in [0.15, 0.2) is 0 Å². The third-order valence-corrected chi connectivity index (χ3v) is 11.2. The summed E-state index contributed by atoms with van der Waals surface area (Å²) < 4.78 is 19.4. The molecule has 0 N–H and O–H groups in total. The smallest absolute Gasteiger partial charge is 0.371 e. The molecule has 0 aromatic heterocycles. The molecule has 0 radical (unpaired) electrons. The fourth-order valence-corrected chi connectivity index (χ4v) is 9.68. The summed E-state index contributed by atoms with van der Waals surface area (Å²) in [7, 11) is -2.31. The molecule has 0 aromatic rings. The largest absolute Gasteiger partial charge is 0.393 e. The van der Waals surface area contributed by atoms with Crippen molar-refractivity contribution in [1.82, 2.24) is 0 Å².